The van der Waals surface area contributed by atoms with E-state index in [0.29, 0.717) is 0 Å². The van der Waals surface area contributed by atoms with E-state index in [1.807, 2.05) is 0 Å². The van der Waals surface area contributed by atoms with Crippen LogP contribution < -0.4 is 5.73 Å². The summed E-state index contributed by atoms with van der Waals surface area (Å²) in [5, 5.41) is 4.28. The Hall–Kier alpha value is -2.38. The maximum Gasteiger partial charge on any atom is 0.360 e. The number of sulfone groups is 1. The third-order valence-corrected chi connectivity index (χ3v) is 6.89. The monoisotopic (exact) mass is 484 g/mol. The van der Waals surface area contributed by atoms with Crippen LogP contribution in [0.4, 0.5) is 26.4 Å². The van der Waals surface area contributed by atoms with Gasteiger partial charge in [0.25, 0.3) is 16.7 Å². The second-order valence-corrected chi connectivity index (χ2v) is 10.2. The van der Waals surface area contributed by atoms with Gasteiger partial charge in [-0.05, 0) is 30.1 Å². The molecular weight excluding hydrogens is 466 g/mol. The first kappa shape index (κ1) is 24.3. The predicted octanol–water partition coefficient (Wildman–Crippen LogP) is 2.51. The van der Waals surface area contributed by atoms with E-state index in [-0.39, 0.29) is 6.26 Å². The molecule has 3 N–H and O–H groups in total. The van der Waals surface area contributed by atoms with Gasteiger partial charge in [0, 0.05) is 17.4 Å². The van der Waals surface area contributed by atoms with Crippen LogP contribution in [0, 0.1) is 0 Å². The molecule has 3 atom stereocenters. The van der Waals surface area contributed by atoms with Crippen LogP contribution in [-0.2, 0) is 14.6 Å². The highest BCUT2D eigenvalue weighted by Gasteiger charge is 2.76. The smallest absolute Gasteiger partial charge is 0.360 e. The summed E-state index contributed by atoms with van der Waals surface area (Å²) >= 11 is 0. The molecule has 0 aromatic heterocycles. The van der Waals surface area contributed by atoms with Gasteiger partial charge in [-0.2, -0.15) is 8.78 Å². The minimum atomic E-state index is -5.32. The molecule has 1 aromatic carbocycles. The van der Waals surface area contributed by atoms with Gasteiger partial charge in [0.2, 0.25) is 0 Å². The Balaban J connectivity index is 2.69. The number of aliphatic hydroxyl groups is 1. The fourth-order valence-corrected chi connectivity index (χ4v) is 5.34. The highest BCUT2D eigenvalue weighted by atomic mass is 32.2. The number of halogens is 6. The van der Waals surface area contributed by atoms with Gasteiger partial charge in [-0.3, -0.25) is 4.79 Å². The molecule has 0 bridgehead atoms. The molecule has 0 fully saturated rings. The van der Waals surface area contributed by atoms with E-state index in [1.165, 1.54) is 18.2 Å². The Morgan fingerprint density at radius 1 is 1.16 bits per heavy atom. The van der Waals surface area contributed by atoms with E-state index in [4.69, 9.17) is 5.73 Å². The topological polar surface area (TPSA) is 101 Å². The van der Waals surface area contributed by atoms with Crippen molar-refractivity contribution in [3.8, 4) is 0 Å². The minimum Gasteiger partial charge on any atom is -0.386 e. The Bertz CT molecular complexity index is 1160. The fraction of sp³-hybridized carbons (Fsp3) is 0.421. The number of amides is 1. The van der Waals surface area contributed by atoms with Gasteiger partial charge in [-0.15, -0.1) is 4.48 Å². The summed E-state index contributed by atoms with van der Waals surface area (Å²) in [5.41, 5.74) is -4.63. The summed E-state index contributed by atoms with van der Waals surface area (Å²) in [6.07, 6.45) is -3.72. The summed E-state index contributed by atoms with van der Waals surface area (Å²) in [5.74, 6) is -6.84. The lowest BCUT2D eigenvalue weighted by molar-refractivity contribution is -0.263. The molecule has 6 nitrogen and oxygen atoms in total. The summed E-state index contributed by atoms with van der Waals surface area (Å²) in [6, 6.07) is 0.713. The lowest BCUT2D eigenvalue weighted by Gasteiger charge is -2.42. The molecule has 32 heavy (non-hydrogen) atoms. The molecule has 0 saturated carbocycles. The average molecular weight is 484 g/mol. The van der Waals surface area contributed by atoms with Crippen molar-refractivity contribution < 1.29 is 44.8 Å². The van der Waals surface area contributed by atoms with Crippen LogP contribution in [0.5, 0.6) is 0 Å². The number of primary amides is 1. The second kappa shape index (κ2) is 6.81. The number of nitrogens with zero attached hydrogens (tertiary/aromatic N) is 1. The van der Waals surface area contributed by atoms with Gasteiger partial charge >= 0.3 is 6.05 Å². The third-order valence-electron chi connectivity index (χ3n) is 5.40. The number of hydrogen-bond acceptors (Lipinski definition) is 5. The highest BCUT2D eigenvalue weighted by molar-refractivity contribution is 7.92. The number of benzene rings is 1. The van der Waals surface area contributed by atoms with Crippen LogP contribution in [0.25, 0.3) is 5.57 Å². The molecule has 3 rings (SSSR count). The third kappa shape index (κ3) is 2.87. The molecule has 2 aliphatic rings. The molecule has 176 valence electrons. The van der Waals surface area contributed by atoms with Crippen LogP contribution in [0.1, 0.15) is 19.4 Å². The number of carbonyl (C=O) groups excluding carboxylic acids is 1. The Labute approximate surface area is 178 Å². The Morgan fingerprint density at radius 2 is 1.66 bits per heavy atom. The number of nitrogens with two attached hydrogens (primary N) is 1. The average Bonchev–Trinajstić information content (AvgIpc) is 2.82. The lowest BCUT2D eigenvalue weighted by atomic mass is 9.73. The summed E-state index contributed by atoms with van der Waals surface area (Å²) < 4.78 is 116. The number of carbonyl (C=O) groups is 1. The molecule has 0 radical (unpaired) electrons. The van der Waals surface area contributed by atoms with Gasteiger partial charge in [-0.25, -0.2) is 21.6 Å². The first-order valence-electron chi connectivity index (χ1n) is 8.99. The van der Waals surface area contributed by atoms with Crippen LogP contribution in [0.15, 0.2) is 47.1 Å². The van der Waals surface area contributed by atoms with Gasteiger partial charge < -0.3 is 10.8 Å². The fourth-order valence-electron chi connectivity index (χ4n) is 4.12. The summed E-state index contributed by atoms with van der Waals surface area (Å²) in [6.45, 7) is 1.60. The van der Waals surface area contributed by atoms with Crippen molar-refractivity contribution in [1.82, 2.24) is 5.12 Å². The first-order valence-corrected chi connectivity index (χ1v) is 10.9. The van der Waals surface area contributed by atoms with Crippen molar-refractivity contribution >= 4 is 21.3 Å². The molecule has 0 saturated heterocycles. The molecular formula is C19H18F6N2O4S. The van der Waals surface area contributed by atoms with E-state index in [2.05, 4.69) is 0 Å². The molecule has 0 spiro atoms. The van der Waals surface area contributed by atoms with E-state index in [9.17, 15) is 31.6 Å². The lowest BCUT2D eigenvalue weighted by Crippen LogP contribution is -2.55. The molecule has 1 amide bonds. The normalized spacial score (nSPS) is 31.1. The van der Waals surface area contributed by atoms with Crippen molar-refractivity contribution in [3.05, 3.63) is 52.6 Å². The van der Waals surface area contributed by atoms with Gasteiger partial charge in [0.05, 0.1) is 11.2 Å². The maximum atomic E-state index is 16.2. The summed E-state index contributed by atoms with van der Waals surface area (Å²) in [7, 11) is -5.32. The van der Waals surface area contributed by atoms with Gasteiger partial charge in [0.15, 0.2) is 16.0 Å². The maximum absolute atomic E-state index is 16.2. The first-order chi connectivity index (χ1) is 14.4. The zero-order chi connectivity index (χ0) is 24.7. The van der Waals surface area contributed by atoms with Crippen molar-refractivity contribution in [2.45, 2.75) is 42.5 Å². The van der Waals surface area contributed by atoms with Crippen LogP contribution in [0.2, 0.25) is 0 Å². The van der Waals surface area contributed by atoms with Gasteiger partial charge in [-0.1, -0.05) is 30.3 Å². The van der Waals surface area contributed by atoms with Crippen molar-refractivity contribution in [1.29, 1.82) is 0 Å². The highest BCUT2D eigenvalue weighted by Crippen LogP contribution is 2.62. The summed E-state index contributed by atoms with van der Waals surface area (Å²) in [4.78, 5) is 11.9. The van der Waals surface area contributed by atoms with Gasteiger partial charge in [0.1, 0.15) is 0 Å². The van der Waals surface area contributed by atoms with Crippen molar-refractivity contribution in [2.75, 3.05) is 6.26 Å². The molecule has 1 aromatic rings. The number of hydrogen-bond donors (Lipinski definition) is 2. The van der Waals surface area contributed by atoms with E-state index >= 15 is 13.2 Å². The predicted molar refractivity (Wildman–Crippen MR) is 101 cm³/mol. The quantitative estimate of drug-likeness (QED) is 0.389. The number of alkyl halides is 5. The van der Waals surface area contributed by atoms with Crippen LogP contribution in [-0.4, -0.2) is 59.4 Å². The van der Waals surface area contributed by atoms with E-state index in [0.717, 1.165) is 26.0 Å². The van der Waals surface area contributed by atoms with E-state index < -0.39 is 77.3 Å². The van der Waals surface area contributed by atoms with Crippen LogP contribution in [0.3, 0.4) is 0 Å². The standard InChI is InChI=1S/C19H18F6N2O4S/c1-16(2,29)13-10(9-7-5-4-6-8-9)11-12(14(20)18(13,22)32(3,30)31)19(23,24)27(25)17(11,21)15(26)28/h4-8,14,29H,1-3H3,(H2,26,28). The molecule has 1 heterocycles. The van der Waals surface area contributed by atoms with Crippen LogP contribution >= 0.6 is 0 Å². The zero-order valence-corrected chi connectivity index (χ0v) is 17.7. The minimum absolute atomic E-state index is 0.177. The SMILES string of the molecule is CC(C)(O)C1=C(c2ccccc2)C2=C(C(F)C1(F)S(C)(=O)=O)C(F)(F)N(F)C2(F)C(N)=O. The number of rotatable bonds is 4. The zero-order valence-electron chi connectivity index (χ0n) is 16.8. The molecule has 1 aliphatic carbocycles. The molecule has 13 heteroatoms. The van der Waals surface area contributed by atoms with E-state index in [1.54, 1.807) is 0 Å². The second-order valence-electron chi connectivity index (χ2n) is 8.05. The molecule has 3 unspecified atom stereocenters. The molecule has 1 aliphatic heterocycles. The van der Waals surface area contributed by atoms with Crippen molar-refractivity contribution in [2.24, 2.45) is 5.73 Å². The Morgan fingerprint density at radius 3 is 2.06 bits per heavy atom. The Kier molecular flexibility index (Phi) is 5.16. The largest absolute Gasteiger partial charge is 0.386 e. The van der Waals surface area contributed by atoms with Crippen molar-refractivity contribution in [3.63, 3.8) is 0 Å².